The second-order valence-electron chi connectivity index (χ2n) is 13.3. The smallest absolute Gasteiger partial charge is 0.251 e. The molecule has 4 fully saturated rings. The van der Waals surface area contributed by atoms with Crippen molar-refractivity contribution in [2.24, 2.45) is 29.1 Å². The van der Waals surface area contributed by atoms with Gasteiger partial charge in [0, 0.05) is 30.7 Å². The van der Waals surface area contributed by atoms with Gasteiger partial charge in [-0.15, -0.1) is 0 Å². The Labute approximate surface area is 254 Å². The first kappa shape index (κ1) is 31.6. The van der Waals surface area contributed by atoms with E-state index in [0.29, 0.717) is 41.7 Å². The molecule has 0 spiro atoms. The van der Waals surface area contributed by atoms with E-state index >= 15 is 0 Å². The first-order valence-electron chi connectivity index (χ1n) is 15.7. The molecule has 0 radical (unpaired) electrons. The maximum Gasteiger partial charge on any atom is 0.251 e. The van der Waals surface area contributed by atoms with Crippen molar-refractivity contribution < 1.29 is 29.7 Å². The zero-order chi connectivity index (χ0) is 30.9. The maximum atomic E-state index is 13.9. The molecule has 43 heavy (non-hydrogen) atoms. The molecule has 0 aromatic heterocycles. The highest BCUT2D eigenvalue weighted by Crippen LogP contribution is 2.61. The summed E-state index contributed by atoms with van der Waals surface area (Å²) in [7, 11) is 0. The van der Waals surface area contributed by atoms with Gasteiger partial charge in [0.1, 0.15) is 12.1 Å². The number of hydroxylamine groups is 2. The Balaban J connectivity index is 1.33. The van der Waals surface area contributed by atoms with Gasteiger partial charge >= 0.3 is 0 Å². The Kier molecular flexibility index (Phi) is 9.58. The third kappa shape index (κ3) is 6.37. The van der Waals surface area contributed by atoms with Gasteiger partial charge in [0.25, 0.3) is 5.91 Å². The lowest BCUT2D eigenvalue weighted by molar-refractivity contribution is -0.183. The molecular weight excluding hydrogens is 546 g/mol. The van der Waals surface area contributed by atoms with E-state index in [-0.39, 0.29) is 37.6 Å². The van der Waals surface area contributed by atoms with Crippen molar-refractivity contribution in [2.75, 3.05) is 19.8 Å². The summed E-state index contributed by atoms with van der Waals surface area (Å²) in [5.74, 6) is 0.590. The molecule has 1 saturated heterocycles. The molecule has 2 aromatic carbocycles. The molecule has 2 aromatic rings. The van der Waals surface area contributed by atoms with Crippen LogP contribution < -0.4 is 10.6 Å². The van der Waals surface area contributed by atoms with Gasteiger partial charge in [-0.25, -0.2) is 0 Å². The Morgan fingerprint density at radius 2 is 1.81 bits per heavy atom. The second-order valence-corrected chi connectivity index (χ2v) is 13.3. The predicted octanol–water partition coefficient (Wildman–Crippen LogP) is 3.13. The summed E-state index contributed by atoms with van der Waals surface area (Å²) in [4.78, 5) is 32.6. The number of amides is 2. The van der Waals surface area contributed by atoms with Crippen LogP contribution in [-0.4, -0.2) is 76.2 Å². The largest absolute Gasteiger partial charge is 0.396 e. The fourth-order valence-electron chi connectivity index (χ4n) is 7.74. The Bertz CT molecular complexity index is 1300. The highest BCUT2D eigenvalue weighted by atomic mass is 16.7. The minimum atomic E-state index is -0.855. The summed E-state index contributed by atoms with van der Waals surface area (Å²) >= 11 is 0. The molecule has 8 atom stereocenters. The van der Waals surface area contributed by atoms with Crippen LogP contribution in [0.5, 0.6) is 0 Å². The lowest BCUT2D eigenvalue weighted by Gasteiger charge is -2.62. The van der Waals surface area contributed by atoms with E-state index in [1.807, 2.05) is 42.5 Å². The summed E-state index contributed by atoms with van der Waals surface area (Å²) in [6.07, 6.45) is 1.11. The van der Waals surface area contributed by atoms with E-state index in [9.17, 15) is 19.8 Å². The van der Waals surface area contributed by atoms with Crippen LogP contribution in [-0.2, 0) is 16.2 Å². The maximum absolute atomic E-state index is 13.9. The topological polar surface area (TPSA) is 131 Å². The summed E-state index contributed by atoms with van der Waals surface area (Å²) in [6, 6.07) is 14.5. The zero-order valence-corrected chi connectivity index (χ0v) is 25.7. The number of aliphatic hydroxyl groups excluding tert-OH is 3. The van der Waals surface area contributed by atoms with Crippen LogP contribution in [0.15, 0.2) is 48.5 Å². The van der Waals surface area contributed by atoms with E-state index in [0.717, 1.165) is 23.1 Å². The van der Waals surface area contributed by atoms with E-state index in [4.69, 9.17) is 9.94 Å². The normalized spacial score (nSPS) is 30.3. The van der Waals surface area contributed by atoms with Crippen LogP contribution in [0.3, 0.4) is 0 Å². The van der Waals surface area contributed by atoms with Gasteiger partial charge in [0.05, 0.1) is 19.3 Å². The van der Waals surface area contributed by atoms with E-state index in [1.54, 1.807) is 18.1 Å². The van der Waals surface area contributed by atoms with Crippen LogP contribution in [0.2, 0.25) is 0 Å². The number of nitrogens with zero attached hydrogens (tertiary/aromatic N) is 1. The monoisotopic (exact) mass is 593 g/mol. The fraction of sp³-hybridized carbons (Fsp3) is 0.588. The molecule has 1 aliphatic heterocycles. The molecule has 6 rings (SSSR count). The zero-order valence-electron chi connectivity index (χ0n) is 25.7. The highest BCUT2D eigenvalue weighted by Gasteiger charge is 2.57. The number of benzene rings is 2. The first-order chi connectivity index (χ1) is 20.5. The average molecular weight is 594 g/mol. The number of fused-ring (bicyclic) bond motifs is 2. The number of hydrogen-bond donors (Lipinski definition) is 5. The van der Waals surface area contributed by atoms with Crippen molar-refractivity contribution in [3.05, 3.63) is 59.7 Å². The molecule has 4 aliphatic rings. The van der Waals surface area contributed by atoms with Gasteiger partial charge in [-0.3, -0.25) is 14.4 Å². The van der Waals surface area contributed by atoms with Crippen LogP contribution in [0.4, 0.5) is 0 Å². The minimum Gasteiger partial charge on any atom is -0.396 e. The Morgan fingerprint density at radius 3 is 2.47 bits per heavy atom. The third-order valence-electron chi connectivity index (χ3n) is 10.4. The standard InChI is InChI=1S/C34H47N3O6/c1-20-27-16-26(34(27,3)4)17-28(20)36-33(42)31-30(21(2)40)29(19-39)43-37(31)18-22-8-5-9-23(14-22)24-10-6-11-25(15-24)32(41)35-12-7-13-38/h5-6,8-11,14-15,20-21,26-31,38-40H,7,12-13,16-19H2,1-4H3,(H,35,41)(H,36,42)/t20-,21-,26-,27+,28-,29-,30+,31-/m0/s1. The van der Waals surface area contributed by atoms with Crippen molar-refractivity contribution in [3.8, 4) is 11.1 Å². The van der Waals surface area contributed by atoms with E-state index in [2.05, 4.69) is 31.4 Å². The summed E-state index contributed by atoms with van der Waals surface area (Å²) < 4.78 is 0. The van der Waals surface area contributed by atoms with Gasteiger partial charge in [-0.2, -0.15) is 5.06 Å². The number of nitrogens with one attached hydrogen (secondary N) is 2. The van der Waals surface area contributed by atoms with Crippen molar-refractivity contribution >= 4 is 11.8 Å². The Morgan fingerprint density at radius 1 is 1.09 bits per heavy atom. The number of aliphatic hydroxyl groups is 3. The van der Waals surface area contributed by atoms with Gasteiger partial charge < -0.3 is 26.0 Å². The summed E-state index contributed by atoms with van der Waals surface area (Å²) in [6.45, 7) is 8.95. The average Bonchev–Trinajstić information content (AvgIpc) is 3.36. The quantitative estimate of drug-likeness (QED) is 0.253. The molecule has 9 nitrogen and oxygen atoms in total. The van der Waals surface area contributed by atoms with Crippen molar-refractivity contribution in [1.82, 2.24) is 15.7 Å². The van der Waals surface area contributed by atoms with Crippen molar-refractivity contribution in [3.63, 3.8) is 0 Å². The van der Waals surface area contributed by atoms with Crippen LogP contribution in [0.25, 0.3) is 11.1 Å². The summed E-state index contributed by atoms with van der Waals surface area (Å²) in [5.41, 5.74) is 3.51. The molecular formula is C34H47N3O6. The molecule has 234 valence electrons. The van der Waals surface area contributed by atoms with Gasteiger partial charge in [-0.1, -0.05) is 51.1 Å². The van der Waals surface area contributed by atoms with Crippen LogP contribution in [0, 0.1) is 29.1 Å². The molecule has 1 heterocycles. The number of carbonyl (C=O) groups is 2. The van der Waals surface area contributed by atoms with Crippen LogP contribution >= 0.6 is 0 Å². The molecule has 0 unspecified atom stereocenters. The number of hydrogen-bond acceptors (Lipinski definition) is 7. The van der Waals surface area contributed by atoms with Gasteiger partial charge in [-0.05, 0) is 84.2 Å². The van der Waals surface area contributed by atoms with E-state index < -0.39 is 24.2 Å². The van der Waals surface area contributed by atoms with Crippen LogP contribution in [0.1, 0.15) is 62.9 Å². The van der Waals surface area contributed by atoms with Crippen molar-refractivity contribution in [1.29, 1.82) is 0 Å². The number of carbonyl (C=O) groups excluding carboxylic acids is 2. The molecule has 5 N–H and O–H groups in total. The fourth-order valence-corrected chi connectivity index (χ4v) is 7.74. The molecule has 3 saturated carbocycles. The molecule has 3 aliphatic carbocycles. The number of rotatable bonds is 11. The first-order valence-corrected chi connectivity index (χ1v) is 15.7. The van der Waals surface area contributed by atoms with Gasteiger partial charge in [0.2, 0.25) is 5.91 Å². The molecule has 2 amide bonds. The Hall–Kier alpha value is -2.82. The third-order valence-corrected chi connectivity index (χ3v) is 10.4. The lowest BCUT2D eigenvalue weighted by Crippen LogP contribution is -2.62. The molecule has 9 heteroatoms. The molecule has 2 bridgehead atoms. The summed E-state index contributed by atoms with van der Waals surface area (Å²) in [5, 5.41) is 37.6. The highest BCUT2D eigenvalue weighted by molar-refractivity contribution is 5.95. The van der Waals surface area contributed by atoms with E-state index in [1.165, 1.54) is 6.42 Å². The minimum absolute atomic E-state index is 0.0202. The lowest BCUT2D eigenvalue weighted by atomic mass is 9.45. The second kappa shape index (κ2) is 13.0. The predicted molar refractivity (Wildman–Crippen MR) is 163 cm³/mol. The van der Waals surface area contributed by atoms with Crippen molar-refractivity contribution in [2.45, 2.75) is 77.8 Å². The van der Waals surface area contributed by atoms with Gasteiger partial charge in [0.15, 0.2) is 0 Å². The SMILES string of the molecule is C[C@@H]1[C@@H](NC(=O)[C@@H]2[C@H]([C@H](C)O)[C@H](CO)ON2Cc2cccc(-c3cccc(C(=O)NCCCO)c3)c2)C[C@@H]2C[C@H]1C2(C)C.